The van der Waals surface area contributed by atoms with Gasteiger partial charge in [-0.1, -0.05) is 89.3 Å². The summed E-state index contributed by atoms with van der Waals surface area (Å²) in [6.07, 6.45) is 28.9. The van der Waals surface area contributed by atoms with Gasteiger partial charge in [-0.3, -0.25) is 9.59 Å². The first-order valence-corrected chi connectivity index (χ1v) is 22.7. The first-order chi connectivity index (χ1) is 29.2. The summed E-state index contributed by atoms with van der Waals surface area (Å²) in [6, 6.07) is 5.42. The zero-order chi connectivity index (χ0) is 45.0. The standard InChI is InChI=1S/C52H80N6O3/c1-11-12-33-55-50-47(44(9)57-52(53)58-50)36-45-30-31-46(37-48(45)61-10)51(60)56-35-34-54-49(59)32-29-43(8)28-18-27-42(7)26-17-24-40(5)21-14-13-20-39(4)23-16-25-41(6)22-15-19-38(2)3/h19-21,25-26,28,30-31,37H,11-18,22-24,27,29,32-36H2,1-10H3,(H,54,59)(H,56,60)(H3,53,55,57,58)/b39-20+,40-21+,41-25+,42-26+,43-28+. The average Bonchev–Trinajstić information content (AvgIpc) is 3.21. The summed E-state index contributed by atoms with van der Waals surface area (Å²) in [4.78, 5) is 34.3. The monoisotopic (exact) mass is 837 g/mol. The van der Waals surface area contributed by atoms with Crippen LogP contribution in [0.15, 0.2) is 88.1 Å². The summed E-state index contributed by atoms with van der Waals surface area (Å²) >= 11 is 0. The van der Waals surface area contributed by atoms with Crippen LogP contribution in [0.25, 0.3) is 0 Å². The Morgan fingerprint density at radius 1 is 0.672 bits per heavy atom. The molecule has 0 saturated heterocycles. The molecule has 0 unspecified atom stereocenters. The number of allylic oxidation sites excluding steroid dienone is 12. The molecule has 1 aromatic heterocycles. The van der Waals surface area contributed by atoms with Gasteiger partial charge in [-0.05, 0) is 150 Å². The molecule has 2 amide bonds. The number of rotatable bonds is 29. The minimum Gasteiger partial charge on any atom is -0.496 e. The molecule has 0 bridgehead atoms. The number of hydrogen-bond donors (Lipinski definition) is 4. The maximum atomic E-state index is 13.0. The van der Waals surface area contributed by atoms with Gasteiger partial charge in [-0.15, -0.1) is 0 Å². The zero-order valence-corrected chi connectivity index (χ0v) is 39.6. The fourth-order valence-corrected chi connectivity index (χ4v) is 6.86. The lowest BCUT2D eigenvalue weighted by atomic mass is 10.0. The van der Waals surface area contributed by atoms with Crippen LogP contribution in [-0.2, 0) is 11.2 Å². The highest BCUT2D eigenvalue weighted by Gasteiger charge is 2.16. The lowest BCUT2D eigenvalue weighted by Crippen LogP contribution is -2.34. The van der Waals surface area contributed by atoms with Crippen molar-refractivity contribution in [3.05, 3.63) is 110 Å². The van der Waals surface area contributed by atoms with Crippen LogP contribution < -0.4 is 26.4 Å². The van der Waals surface area contributed by atoms with Crippen LogP contribution in [-0.4, -0.2) is 48.5 Å². The van der Waals surface area contributed by atoms with Crippen LogP contribution in [0.1, 0.15) is 172 Å². The van der Waals surface area contributed by atoms with Gasteiger partial charge in [0.1, 0.15) is 11.6 Å². The molecule has 336 valence electrons. The molecule has 0 saturated carbocycles. The van der Waals surface area contributed by atoms with Crippen molar-refractivity contribution in [1.29, 1.82) is 0 Å². The second-order valence-corrected chi connectivity index (χ2v) is 16.8. The Morgan fingerprint density at radius 2 is 1.20 bits per heavy atom. The molecule has 1 aromatic carbocycles. The van der Waals surface area contributed by atoms with Crippen LogP contribution in [0.3, 0.4) is 0 Å². The van der Waals surface area contributed by atoms with Crippen molar-refractivity contribution in [1.82, 2.24) is 20.6 Å². The fraction of sp³-hybridized carbons (Fsp3) is 0.538. The minimum absolute atomic E-state index is 0.0200. The van der Waals surface area contributed by atoms with Crippen molar-refractivity contribution in [2.45, 2.75) is 159 Å². The van der Waals surface area contributed by atoms with E-state index in [4.69, 9.17) is 10.5 Å². The van der Waals surface area contributed by atoms with E-state index in [1.165, 1.54) is 39.9 Å². The number of methoxy groups -OCH3 is 1. The van der Waals surface area contributed by atoms with Crippen molar-refractivity contribution in [3.63, 3.8) is 0 Å². The number of aryl methyl sites for hydroxylation is 1. The number of nitrogen functional groups attached to an aromatic ring is 1. The quantitative estimate of drug-likeness (QED) is 0.0474. The Kier molecular flexibility index (Phi) is 25.8. The third-order valence-electron chi connectivity index (χ3n) is 10.8. The van der Waals surface area contributed by atoms with Gasteiger partial charge in [-0.25, -0.2) is 4.98 Å². The predicted octanol–water partition coefficient (Wildman–Crippen LogP) is 12.4. The zero-order valence-electron chi connectivity index (χ0n) is 39.6. The molecule has 9 heteroatoms. The van der Waals surface area contributed by atoms with Crippen LogP contribution in [0.2, 0.25) is 0 Å². The highest BCUT2D eigenvalue weighted by Crippen LogP contribution is 2.28. The van der Waals surface area contributed by atoms with Crippen molar-refractivity contribution in [2.75, 3.05) is 37.8 Å². The summed E-state index contributed by atoms with van der Waals surface area (Å²) in [5, 5.41) is 9.23. The molecule has 0 fully saturated rings. The van der Waals surface area contributed by atoms with Crippen molar-refractivity contribution >= 4 is 23.6 Å². The van der Waals surface area contributed by atoms with E-state index in [1.807, 2.05) is 13.0 Å². The SMILES string of the molecule is CCCCNc1nc(N)nc(C)c1Cc1ccc(C(=O)NCCNC(=O)CC/C(C)=C/CC/C(C)=C/CC/C(C)=C/CC/C=C(\C)CC/C=C(\C)CCC=C(C)C)cc1OC. The van der Waals surface area contributed by atoms with Gasteiger partial charge >= 0.3 is 0 Å². The van der Waals surface area contributed by atoms with Gasteiger partial charge in [0.2, 0.25) is 11.9 Å². The van der Waals surface area contributed by atoms with Gasteiger partial charge in [0.15, 0.2) is 0 Å². The number of nitrogens with one attached hydrogen (secondary N) is 3. The molecule has 61 heavy (non-hydrogen) atoms. The first kappa shape index (κ1) is 52.2. The number of hydrogen-bond acceptors (Lipinski definition) is 7. The largest absolute Gasteiger partial charge is 0.496 e. The Bertz CT molecular complexity index is 1860. The molecule has 5 N–H and O–H groups in total. The van der Waals surface area contributed by atoms with Crippen molar-refractivity contribution < 1.29 is 14.3 Å². The van der Waals surface area contributed by atoms with E-state index in [-0.39, 0.29) is 17.8 Å². The van der Waals surface area contributed by atoms with Crippen LogP contribution >= 0.6 is 0 Å². The van der Waals surface area contributed by atoms with E-state index in [9.17, 15) is 9.59 Å². The number of nitrogens with zero attached hydrogens (tertiary/aromatic N) is 2. The van der Waals surface area contributed by atoms with Gasteiger partial charge in [-0.2, -0.15) is 4.98 Å². The molecule has 0 aliphatic carbocycles. The van der Waals surface area contributed by atoms with E-state index >= 15 is 0 Å². The van der Waals surface area contributed by atoms with Gasteiger partial charge in [0.25, 0.3) is 5.91 Å². The van der Waals surface area contributed by atoms with Crippen LogP contribution in [0.4, 0.5) is 11.8 Å². The lowest BCUT2D eigenvalue weighted by molar-refractivity contribution is -0.121. The molecule has 0 aliphatic rings. The second kappa shape index (κ2) is 30.2. The first-order valence-electron chi connectivity index (χ1n) is 22.7. The summed E-state index contributed by atoms with van der Waals surface area (Å²) < 4.78 is 5.68. The molecule has 9 nitrogen and oxygen atoms in total. The molecule has 0 spiro atoms. The number of benzene rings is 1. The predicted molar refractivity (Wildman–Crippen MR) is 259 cm³/mol. The Balaban J connectivity index is 1.66. The topological polar surface area (TPSA) is 131 Å². The summed E-state index contributed by atoms with van der Waals surface area (Å²) in [7, 11) is 1.59. The molecular formula is C52H80N6O3. The molecule has 1 heterocycles. The van der Waals surface area contributed by atoms with Crippen molar-refractivity contribution in [3.8, 4) is 5.75 Å². The third-order valence-corrected chi connectivity index (χ3v) is 10.8. The number of unbranched alkanes of at least 4 members (excludes halogenated alkanes) is 2. The maximum Gasteiger partial charge on any atom is 0.251 e. The highest BCUT2D eigenvalue weighted by atomic mass is 16.5. The van der Waals surface area contributed by atoms with Crippen LogP contribution in [0.5, 0.6) is 5.75 Å². The normalized spacial score (nSPS) is 12.7. The fourth-order valence-electron chi connectivity index (χ4n) is 6.86. The molecular weight excluding hydrogens is 757 g/mol. The van der Waals surface area contributed by atoms with Gasteiger partial charge < -0.3 is 26.4 Å². The minimum atomic E-state index is -0.229. The smallest absolute Gasteiger partial charge is 0.251 e. The summed E-state index contributed by atoms with van der Waals surface area (Å²) in [6.45, 7) is 21.0. The van der Waals surface area contributed by atoms with Crippen molar-refractivity contribution in [2.24, 2.45) is 0 Å². The molecule has 0 radical (unpaired) electrons. The summed E-state index contributed by atoms with van der Waals surface area (Å²) in [5.74, 6) is 1.31. The number of carbonyl (C=O) groups excluding carboxylic acids is 2. The van der Waals surface area contributed by atoms with Gasteiger partial charge in [0, 0.05) is 49.3 Å². The summed E-state index contributed by atoms with van der Waals surface area (Å²) in [5.41, 5.74) is 17.6. The number of aromatic nitrogens is 2. The van der Waals surface area contributed by atoms with E-state index in [0.717, 1.165) is 106 Å². The van der Waals surface area contributed by atoms with E-state index < -0.39 is 0 Å². The number of anilines is 2. The van der Waals surface area contributed by atoms with E-state index in [0.29, 0.717) is 37.2 Å². The second-order valence-electron chi connectivity index (χ2n) is 16.8. The maximum absolute atomic E-state index is 13.0. The van der Waals surface area contributed by atoms with Crippen LogP contribution in [0, 0.1) is 6.92 Å². The Morgan fingerprint density at radius 3 is 1.74 bits per heavy atom. The number of amides is 2. The average molecular weight is 837 g/mol. The van der Waals surface area contributed by atoms with Gasteiger partial charge in [0.05, 0.1) is 7.11 Å². The molecule has 0 aliphatic heterocycles. The molecule has 2 aromatic rings. The lowest BCUT2D eigenvalue weighted by Gasteiger charge is -2.16. The Labute approximate surface area is 370 Å². The highest BCUT2D eigenvalue weighted by molar-refractivity contribution is 5.94. The molecule has 2 rings (SSSR count). The van der Waals surface area contributed by atoms with E-state index in [2.05, 4.69) is 118 Å². The Hall–Kier alpha value is -4.92. The number of ether oxygens (including phenoxy) is 1. The van der Waals surface area contributed by atoms with E-state index in [1.54, 1.807) is 19.2 Å². The number of carbonyl (C=O) groups is 2. The number of nitrogens with two attached hydrogens (primary N) is 1. The molecule has 0 atom stereocenters. The third kappa shape index (κ3) is 23.0.